The monoisotopic (exact) mass is 286 g/mol. The van der Waals surface area contributed by atoms with Crippen LogP contribution in [0.15, 0.2) is 54.6 Å². The van der Waals surface area contributed by atoms with Crippen molar-refractivity contribution >= 4 is 11.5 Å². The molecule has 0 heterocycles. The van der Waals surface area contributed by atoms with Gasteiger partial charge in [-0.25, -0.2) is 4.39 Å². The van der Waals surface area contributed by atoms with Gasteiger partial charge in [-0.05, 0) is 30.7 Å². The molecule has 4 heteroatoms. The second-order valence-electron chi connectivity index (χ2n) is 4.55. The second kappa shape index (κ2) is 6.70. The number of rotatable bonds is 5. The van der Waals surface area contributed by atoms with Crippen LogP contribution in [0.25, 0.3) is 5.76 Å². The van der Waals surface area contributed by atoms with Crippen LogP contribution < -0.4 is 4.74 Å². The van der Waals surface area contributed by atoms with Crippen LogP contribution in [-0.4, -0.2) is 10.9 Å². The SMILES string of the molecule is CC(=O)/C=C(\O)c1cc(F)ccc1OCc1ccccc1. The first-order valence-electron chi connectivity index (χ1n) is 6.44. The summed E-state index contributed by atoms with van der Waals surface area (Å²) in [5, 5.41) is 9.89. The molecule has 0 atom stereocenters. The topological polar surface area (TPSA) is 46.5 Å². The third-order valence-corrected chi connectivity index (χ3v) is 2.79. The summed E-state index contributed by atoms with van der Waals surface area (Å²) in [6, 6.07) is 13.3. The Kier molecular flexibility index (Phi) is 4.72. The number of allylic oxidation sites excluding steroid dienone is 1. The molecule has 0 radical (unpaired) electrons. The minimum Gasteiger partial charge on any atom is -0.507 e. The van der Waals surface area contributed by atoms with E-state index >= 15 is 0 Å². The molecule has 0 fully saturated rings. The van der Waals surface area contributed by atoms with E-state index in [1.54, 1.807) is 0 Å². The highest BCUT2D eigenvalue weighted by Crippen LogP contribution is 2.26. The van der Waals surface area contributed by atoms with Gasteiger partial charge >= 0.3 is 0 Å². The van der Waals surface area contributed by atoms with Crippen molar-refractivity contribution in [3.63, 3.8) is 0 Å². The van der Waals surface area contributed by atoms with Gasteiger partial charge in [0.1, 0.15) is 23.9 Å². The molecule has 0 bridgehead atoms. The summed E-state index contributed by atoms with van der Waals surface area (Å²) >= 11 is 0. The zero-order valence-corrected chi connectivity index (χ0v) is 11.5. The highest BCUT2D eigenvalue weighted by molar-refractivity contribution is 5.94. The minimum atomic E-state index is -0.513. The van der Waals surface area contributed by atoms with E-state index in [9.17, 15) is 14.3 Å². The van der Waals surface area contributed by atoms with Gasteiger partial charge in [0.25, 0.3) is 0 Å². The van der Waals surface area contributed by atoms with Crippen LogP contribution in [-0.2, 0) is 11.4 Å². The van der Waals surface area contributed by atoms with Crippen molar-refractivity contribution in [1.82, 2.24) is 0 Å². The van der Waals surface area contributed by atoms with Crippen LogP contribution in [0.5, 0.6) is 5.75 Å². The summed E-state index contributed by atoms with van der Waals surface area (Å²) in [5.41, 5.74) is 1.10. The summed E-state index contributed by atoms with van der Waals surface area (Å²) < 4.78 is 18.9. The molecule has 0 amide bonds. The van der Waals surface area contributed by atoms with E-state index in [1.807, 2.05) is 30.3 Å². The van der Waals surface area contributed by atoms with Crippen LogP contribution >= 0.6 is 0 Å². The fourth-order valence-corrected chi connectivity index (χ4v) is 1.83. The molecule has 0 spiro atoms. The molecule has 2 aromatic rings. The Bertz CT molecular complexity index is 663. The molecule has 2 aromatic carbocycles. The van der Waals surface area contributed by atoms with Crippen molar-refractivity contribution in [3.05, 3.63) is 71.6 Å². The van der Waals surface area contributed by atoms with Gasteiger partial charge in [0.15, 0.2) is 5.78 Å². The van der Waals surface area contributed by atoms with E-state index in [0.29, 0.717) is 5.75 Å². The smallest absolute Gasteiger partial charge is 0.156 e. The second-order valence-corrected chi connectivity index (χ2v) is 4.55. The zero-order chi connectivity index (χ0) is 15.2. The average molecular weight is 286 g/mol. The molecule has 1 N–H and O–H groups in total. The number of hydrogen-bond donors (Lipinski definition) is 1. The normalized spacial score (nSPS) is 11.2. The van der Waals surface area contributed by atoms with Crippen LogP contribution in [0.2, 0.25) is 0 Å². The predicted molar refractivity (Wildman–Crippen MR) is 78.5 cm³/mol. The van der Waals surface area contributed by atoms with E-state index in [1.165, 1.54) is 19.1 Å². The van der Waals surface area contributed by atoms with E-state index in [2.05, 4.69) is 0 Å². The third-order valence-electron chi connectivity index (χ3n) is 2.79. The van der Waals surface area contributed by atoms with Crippen LogP contribution in [0, 0.1) is 5.82 Å². The minimum absolute atomic E-state index is 0.154. The van der Waals surface area contributed by atoms with Gasteiger partial charge in [-0.15, -0.1) is 0 Å². The quantitative estimate of drug-likeness (QED) is 0.670. The van der Waals surface area contributed by atoms with Gasteiger partial charge in [-0.3, -0.25) is 4.79 Å². The summed E-state index contributed by atoms with van der Waals surface area (Å²) in [5.74, 6) is -0.841. The third kappa shape index (κ3) is 4.18. The van der Waals surface area contributed by atoms with E-state index in [4.69, 9.17) is 4.74 Å². The molecule has 0 aromatic heterocycles. The Morgan fingerprint density at radius 3 is 2.62 bits per heavy atom. The molecular weight excluding hydrogens is 271 g/mol. The van der Waals surface area contributed by atoms with Crippen molar-refractivity contribution in [2.24, 2.45) is 0 Å². The molecule has 0 unspecified atom stereocenters. The highest BCUT2D eigenvalue weighted by Gasteiger charge is 2.11. The fourth-order valence-electron chi connectivity index (χ4n) is 1.83. The first-order valence-corrected chi connectivity index (χ1v) is 6.44. The fraction of sp³-hybridized carbons (Fsp3) is 0.118. The van der Waals surface area contributed by atoms with Gasteiger partial charge in [-0.1, -0.05) is 30.3 Å². The Morgan fingerprint density at radius 1 is 1.24 bits per heavy atom. The lowest BCUT2D eigenvalue weighted by Gasteiger charge is -2.11. The maximum Gasteiger partial charge on any atom is 0.156 e. The Labute approximate surface area is 122 Å². The number of ether oxygens (including phenoxy) is 1. The van der Waals surface area contributed by atoms with Crippen LogP contribution in [0.3, 0.4) is 0 Å². The molecule has 0 saturated carbocycles. The summed E-state index contributed by atoms with van der Waals surface area (Å²) in [6.07, 6.45) is 1.03. The molecule has 108 valence electrons. The Hall–Kier alpha value is -2.62. The van der Waals surface area contributed by atoms with Gasteiger partial charge in [0, 0.05) is 6.08 Å². The number of carbonyl (C=O) groups is 1. The molecule has 0 aliphatic rings. The van der Waals surface area contributed by atoms with Gasteiger partial charge in [0.05, 0.1) is 5.56 Å². The summed E-state index contributed by atoms with van der Waals surface area (Å²) in [4.78, 5) is 11.0. The van der Waals surface area contributed by atoms with Crippen molar-refractivity contribution in [1.29, 1.82) is 0 Å². The largest absolute Gasteiger partial charge is 0.507 e. The zero-order valence-electron chi connectivity index (χ0n) is 11.5. The number of benzene rings is 2. The Balaban J connectivity index is 2.25. The van der Waals surface area contributed by atoms with Crippen LogP contribution in [0.4, 0.5) is 4.39 Å². The summed E-state index contributed by atoms with van der Waals surface area (Å²) in [7, 11) is 0. The molecule has 0 aliphatic heterocycles. The molecule has 2 rings (SSSR count). The van der Waals surface area contributed by atoms with E-state index < -0.39 is 5.82 Å². The number of hydrogen-bond acceptors (Lipinski definition) is 3. The molecule has 0 aliphatic carbocycles. The van der Waals surface area contributed by atoms with Crippen LogP contribution in [0.1, 0.15) is 18.1 Å². The van der Waals surface area contributed by atoms with Crippen molar-refractivity contribution in [2.75, 3.05) is 0 Å². The molecule has 3 nitrogen and oxygen atoms in total. The number of carbonyl (C=O) groups excluding carboxylic acids is 1. The van der Waals surface area contributed by atoms with Gasteiger partial charge < -0.3 is 9.84 Å². The molecule has 21 heavy (non-hydrogen) atoms. The molecular formula is C17H15FO3. The lowest BCUT2D eigenvalue weighted by molar-refractivity contribution is -0.112. The molecule has 0 saturated heterocycles. The number of halogens is 1. The van der Waals surface area contributed by atoms with Gasteiger partial charge in [0.2, 0.25) is 0 Å². The Morgan fingerprint density at radius 2 is 1.95 bits per heavy atom. The maximum absolute atomic E-state index is 13.3. The lowest BCUT2D eigenvalue weighted by atomic mass is 10.1. The lowest BCUT2D eigenvalue weighted by Crippen LogP contribution is -1.99. The summed E-state index contributed by atoms with van der Waals surface area (Å²) in [6.45, 7) is 1.59. The van der Waals surface area contributed by atoms with Crippen molar-refractivity contribution in [3.8, 4) is 5.75 Å². The van der Waals surface area contributed by atoms with Crippen molar-refractivity contribution < 1.29 is 19.0 Å². The number of aliphatic hydroxyl groups excluding tert-OH is 1. The highest BCUT2D eigenvalue weighted by atomic mass is 19.1. The maximum atomic E-state index is 13.3. The first-order chi connectivity index (χ1) is 10.1. The predicted octanol–water partition coefficient (Wildman–Crippen LogP) is 3.89. The van der Waals surface area contributed by atoms with E-state index in [-0.39, 0.29) is 23.7 Å². The van der Waals surface area contributed by atoms with Crippen molar-refractivity contribution in [2.45, 2.75) is 13.5 Å². The van der Waals surface area contributed by atoms with Gasteiger partial charge in [-0.2, -0.15) is 0 Å². The van der Waals surface area contributed by atoms with E-state index in [0.717, 1.165) is 17.7 Å². The first kappa shape index (κ1) is 14.8. The standard InChI is InChI=1S/C17H15FO3/c1-12(19)9-16(20)15-10-14(18)7-8-17(15)21-11-13-5-3-2-4-6-13/h2-10,20H,11H2,1H3/b16-9-. The average Bonchev–Trinajstić information content (AvgIpc) is 2.46. The number of aliphatic hydroxyl groups is 1. The number of ketones is 1.